The molecule has 1 fully saturated rings. The molecule has 0 unspecified atom stereocenters. The molecule has 50 heavy (non-hydrogen) atoms. The number of thiophene rings is 1. The number of aryl methyl sites for hydroxylation is 1. The van der Waals surface area contributed by atoms with E-state index in [4.69, 9.17) is 9.47 Å². The Labute approximate surface area is 293 Å². The lowest BCUT2D eigenvalue weighted by molar-refractivity contribution is -0.141. The number of anilines is 3. The van der Waals surface area contributed by atoms with Crippen molar-refractivity contribution in [1.82, 2.24) is 20.1 Å². The third kappa shape index (κ3) is 6.81. The third-order valence-electron chi connectivity index (χ3n) is 8.76. The highest BCUT2D eigenvalue weighted by Gasteiger charge is 2.41. The number of urea groups is 1. The maximum Gasteiger partial charge on any atom is 0.408 e. The summed E-state index contributed by atoms with van der Waals surface area (Å²) in [5.74, 6) is 0.566. The van der Waals surface area contributed by atoms with Gasteiger partial charge in [-0.05, 0) is 82.5 Å². The molecule has 0 radical (unpaired) electrons. The van der Waals surface area contributed by atoms with Crippen LogP contribution in [0, 0.1) is 6.92 Å². The lowest BCUT2D eigenvalue weighted by atomic mass is 10.0. The average molecular weight is 701 g/mol. The van der Waals surface area contributed by atoms with Crippen molar-refractivity contribution in [2.75, 3.05) is 37.0 Å². The van der Waals surface area contributed by atoms with Crippen LogP contribution in [0.3, 0.4) is 0 Å². The van der Waals surface area contributed by atoms with Crippen LogP contribution in [0.1, 0.15) is 48.8 Å². The number of methoxy groups -OCH3 is 1. The van der Waals surface area contributed by atoms with Crippen LogP contribution in [-0.4, -0.2) is 88.3 Å². The molecule has 4 aromatic rings. The highest BCUT2D eigenvalue weighted by molar-refractivity contribution is 7.21. The summed E-state index contributed by atoms with van der Waals surface area (Å²) in [4.78, 5) is 63.2. The van der Waals surface area contributed by atoms with E-state index in [1.165, 1.54) is 18.4 Å². The van der Waals surface area contributed by atoms with Crippen molar-refractivity contribution in [3.8, 4) is 11.5 Å². The first kappa shape index (κ1) is 34.6. The van der Waals surface area contributed by atoms with Gasteiger partial charge in [0.15, 0.2) is 0 Å². The van der Waals surface area contributed by atoms with Crippen LogP contribution in [0.25, 0.3) is 10.2 Å². The number of pyridine rings is 1. The van der Waals surface area contributed by atoms with E-state index >= 15 is 0 Å². The number of piperidine rings is 1. The molecule has 5 amide bonds. The first-order valence-electron chi connectivity index (χ1n) is 16.3. The zero-order valence-corrected chi connectivity index (χ0v) is 29.4. The molecule has 13 nitrogen and oxygen atoms in total. The summed E-state index contributed by atoms with van der Waals surface area (Å²) < 4.78 is 11.3. The Hall–Kier alpha value is -5.21. The van der Waals surface area contributed by atoms with E-state index in [9.17, 15) is 24.3 Å². The molecule has 14 heteroatoms. The molecular formula is C36H40N6O7S. The van der Waals surface area contributed by atoms with Gasteiger partial charge >= 0.3 is 12.1 Å². The molecule has 2 aromatic heterocycles. The third-order valence-corrected chi connectivity index (χ3v) is 9.86. The van der Waals surface area contributed by atoms with Gasteiger partial charge in [0, 0.05) is 38.0 Å². The molecule has 2 atom stereocenters. The molecule has 1 saturated heterocycles. The smallest absolute Gasteiger partial charge is 0.408 e. The zero-order valence-electron chi connectivity index (χ0n) is 28.6. The van der Waals surface area contributed by atoms with Gasteiger partial charge in [0.05, 0.1) is 29.1 Å². The highest BCUT2D eigenvalue weighted by Crippen LogP contribution is 2.46. The largest absolute Gasteiger partial charge is 0.465 e. The van der Waals surface area contributed by atoms with Crippen molar-refractivity contribution in [3.05, 3.63) is 71.2 Å². The van der Waals surface area contributed by atoms with E-state index < -0.39 is 35.7 Å². The van der Waals surface area contributed by atoms with Crippen LogP contribution in [0.2, 0.25) is 0 Å². The number of carbonyl (C=O) groups excluding carboxylic acids is 3. The summed E-state index contributed by atoms with van der Waals surface area (Å²) in [6.07, 6.45) is 1.64. The maximum absolute atomic E-state index is 13.8. The van der Waals surface area contributed by atoms with Crippen molar-refractivity contribution < 1.29 is 33.8 Å². The van der Waals surface area contributed by atoms with E-state index in [0.29, 0.717) is 63.0 Å². The predicted octanol–water partition coefficient (Wildman–Crippen LogP) is 6.59. The van der Waals surface area contributed by atoms with Crippen molar-refractivity contribution in [1.29, 1.82) is 0 Å². The number of ether oxygens (including phenoxy) is 2. The fraction of sp³-hybridized carbons (Fsp3) is 0.361. The van der Waals surface area contributed by atoms with Gasteiger partial charge in [-0.15, -0.1) is 11.3 Å². The number of carbonyl (C=O) groups is 4. The highest BCUT2D eigenvalue weighted by atomic mass is 32.1. The number of nitrogens with zero attached hydrogens (tertiary/aromatic N) is 4. The number of hydrogen-bond acceptors (Lipinski definition) is 8. The number of carboxylic acid groups (broad SMARTS) is 1. The molecular weight excluding hydrogens is 660 g/mol. The van der Waals surface area contributed by atoms with Gasteiger partial charge in [0.1, 0.15) is 27.2 Å². The van der Waals surface area contributed by atoms with Gasteiger partial charge in [0.2, 0.25) is 5.91 Å². The molecule has 262 valence electrons. The lowest BCUT2D eigenvalue weighted by Gasteiger charge is -2.42. The Morgan fingerprint density at radius 3 is 2.56 bits per heavy atom. The topological polar surface area (TPSA) is 154 Å². The average Bonchev–Trinajstić information content (AvgIpc) is 3.44. The number of nitrogens with one attached hydrogen (secondary N) is 2. The minimum absolute atomic E-state index is 0.0990. The molecule has 3 N–H and O–H groups in total. The number of hydrogen-bond donors (Lipinski definition) is 3. The molecule has 2 aromatic carbocycles. The summed E-state index contributed by atoms with van der Waals surface area (Å²) in [7, 11) is 1.43. The first-order chi connectivity index (χ1) is 23.9. The van der Waals surface area contributed by atoms with Crippen molar-refractivity contribution in [2.24, 2.45) is 0 Å². The molecule has 0 spiro atoms. The molecule has 0 bridgehead atoms. The van der Waals surface area contributed by atoms with Crippen LogP contribution in [0.4, 0.5) is 26.7 Å². The number of amides is 5. The Bertz CT molecular complexity index is 1940. The molecule has 2 aliphatic heterocycles. The van der Waals surface area contributed by atoms with Gasteiger partial charge in [-0.25, -0.2) is 14.6 Å². The molecule has 2 aliphatic rings. The number of rotatable bonds is 9. The summed E-state index contributed by atoms with van der Waals surface area (Å²) >= 11 is 1.18. The van der Waals surface area contributed by atoms with E-state index in [0.717, 1.165) is 10.5 Å². The minimum atomic E-state index is -1.22. The van der Waals surface area contributed by atoms with Crippen molar-refractivity contribution >= 4 is 62.6 Å². The van der Waals surface area contributed by atoms with E-state index in [1.807, 2.05) is 49.4 Å². The quantitative estimate of drug-likeness (QED) is 0.177. The Kier molecular flexibility index (Phi) is 9.67. The number of para-hydroxylation sites is 1. The first-order valence-corrected chi connectivity index (χ1v) is 17.2. The molecule has 4 heterocycles. The zero-order chi connectivity index (χ0) is 35.7. The maximum atomic E-state index is 13.8. The van der Waals surface area contributed by atoms with Gasteiger partial charge in [-0.1, -0.05) is 18.2 Å². The van der Waals surface area contributed by atoms with Gasteiger partial charge < -0.3 is 30.1 Å². The molecule has 0 saturated carbocycles. The van der Waals surface area contributed by atoms with E-state index in [2.05, 4.69) is 15.6 Å². The van der Waals surface area contributed by atoms with E-state index in [-0.39, 0.29) is 19.1 Å². The van der Waals surface area contributed by atoms with Crippen molar-refractivity contribution in [3.63, 3.8) is 0 Å². The summed E-state index contributed by atoms with van der Waals surface area (Å²) in [5, 5.41) is 16.6. The Morgan fingerprint density at radius 2 is 1.88 bits per heavy atom. The predicted molar refractivity (Wildman–Crippen MR) is 191 cm³/mol. The second kappa shape index (κ2) is 14.0. The standard InChI is InChI=1S/C36H40N6O7S/c1-21-18-24(49-23-11-7-6-8-12-23)13-14-25(21)41-26-15-16-37-32-28(26)29(39-34(41)45)30(50-32)31(43)38-22-10-9-17-40(19-22)33(44)27(20-48-5)42(35(46)47)36(2,3)4/h6-8,11-16,18,22,27H,9-10,17,19-20H2,1-5H3,(H,38,43)(H,39,45)(H,46,47)/t22-,27+/m1/s1. The fourth-order valence-corrected chi connectivity index (χ4v) is 7.63. The molecule has 6 rings (SSSR count). The van der Waals surface area contributed by atoms with Crippen LogP contribution >= 0.6 is 11.3 Å². The minimum Gasteiger partial charge on any atom is -0.465 e. The van der Waals surface area contributed by atoms with Gasteiger partial charge in [-0.3, -0.25) is 19.4 Å². The second-order valence-electron chi connectivity index (χ2n) is 13.3. The van der Waals surface area contributed by atoms with Crippen molar-refractivity contribution in [2.45, 2.75) is 58.2 Å². The lowest BCUT2D eigenvalue weighted by Crippen LogP contribution is -2.61. The van der Waals surface area contributed by atoms with Gasteiger partial charge in [0.25, 0.3) is 5.91 Å². The van der Waals surface area contributed by atoms with Gasteiger partial charge in [-0.2, -0.15) is 0 Å². The SMILES string of the molecule is COC[C@@H](C(=O)N1CCC[C@@H](NC(=O)c2sc3nccc4c3c2NC(=O)N4c2ccc(Oc3ccccc3)cc2C)C1)N(C(=O)O)C(C)(C)C. The number of likely N-dealkylation sites (tertiary alicyclic amines) is 1. The summed E-state index contributed by atoms with van der Waals surface area (Å²) in [6, 6.07) is 14.8. The second-order valence-corrected chi connectivity index (χ2v) is 14.3. The summed E-state index contributed by atoms with van der Waals surface area (Å²) in [6.45, 7) is 7.61. The normalized spacial score (nSPS) is 16.5. The van der Waals surface area contributed by atoms with E-state index in [1.54, 1.807) is 48.9 Å². The molecule has 0 aliphatic carbocycles. The monoisotopic (exact) mass is 700 g/mol. The Balaban J connectivity index is 1.22. The number of benzene rings is 2. The fourth-order valence-electron chi connectivity index (χ4n) is 6.61. The van der Waals surface area contributed by atoms with Crippen LogP contribution < -0.4 is 20.3 Å². The number of aromatic nitrogens is 1. The summed E-state index contributed by atoms with van der Waals surface area (Å²) in [5.41, 5.74) is 1.62. The van der Waals surface area contributed by atoms with Crippen LogP contribution in [0.5, 0.6) is 11.5 Å². The Morgan fingerprint density at radius 1 is 1.12 bits per heavy atom. The van der Waals surface area contributed by atoms with Crippen LogP contribution in [0.15, 0.2) is 60.8 Å². The van der Waals surface area contributed by atoms with Crippen LogP contribution in [-0.2, 0) is 9.53 Å².